The Balaban J connectivity index is 0.912. The quantitative estimate of drug-likeness (QED) is 0.0765. The Morgan fingerprint density at radius 3 is 2.40 bits per heavy atom. The number of hydrogen-bond acceptors (Lipinski definition) is 10. The lowest BCUT2D eigenvalue weighted by atomic mass is 9.99. The molecule has 0 radical (unpaired) electrons. The summed E-state index contributed by atoms with van der Waals surface area (Å²) in [6.07, 6.45) is 2.01. The molecule has 2 aliphatic rings. The van der Waals surface area contributed by atoms with Gasteiger partial charge in [0.25, 0.3) is 23.6 Å². The lowest BCUT2D eigenvalue weighted by molar-refractivity contribution is -0.136. The Kier molecular flexibility index (Phi) is 10.1. The van der Waals surface area contributed by atoms with Gasteiger partial charge < -0.3 is 21.1 Å². The van der Waals surface area contributed by atoms with Crippen molar-refractivity contribution in [2.45, 2.75) is 31.7 Å². The highest BCUT2D eigenvalue weighted by Gasteiger charge is 2.46. The number of para-hydroxylation sites is 1. The first-order valence-electron chi connectivity index (χ1n) is 17.5. The standard InChI is InChI=1S/C41H34N6O8/c42-38(51)29-21-44-30-20-25(15-16-27(30)37(29)45-26-6-2-1-3-7-26)23-11-13-24(14-12-23)32(48)9-5-19-43-35(50)22-55-33-10-4-8-28-36(33)41(54)47(40(28)53)31-17-18-34(49)46-39(31)52/h1-4,6-8,10-16,20-21,31H,5,9,17-19,22H2,(H2,42,51)(H,43,50)(H,44,45)(H,46,49,52). The molecule has 0 aliphatic carbocycles. The number of aromatic nitrogens is 1. The number of fused-ring (bicyclic) bond motifs is 2. The predicted molar refractivity (Wildman–Crippen MR) is 201 cm³/mol. The number of Topliss-reactive ketones (excluding diaryl/α,β-unsaturated/α-hetero) is 1. The number of anilines is 2. The number of benzene rings is 4. The van der Waals surface area contributed by atoms with Crippen LogP contribution in [0.15, 0.2) is 97.2 Å². The number of imide groups is 2. The molecule has 14 heteroatoms. The van der Waals surface area contributed by atoms with E-state index in [1.165, 1.54) is 24.4 Å². The molecule has 14 nitrogen and oxygen atoms in total. The van der Waals surface area contributed by atoms with E-state index in [-0.39, 0.29) is 54.0 Å². The fourth-order valence-electron chi connectivity index (χ4n) is 6.63. The average molecular weight is 739 g/mol. The zero-order valence-corrected chi connectivity index (χ0v) is 29.3. The van der Waals surface area contributed by atoms with Gasteiger partial charge in [0.15, 0.2) is 12.4 Å². The van der Waals surface area contributed by atoms with Crippen molar-refractivity contribution >= 4 is 63.5 Å². The second-order valence-electron chi connectivity index (χ2n) is 13.0. The van der Waals surface area contributed by atoms with Gasteiger partial charge in [-0.1, -0.05) is 60.7 Å². The molecule has 3 heterocycles. The maximum Gasteiger partial charge on any atom is 0.266 e. The molecule has 276 valence electrons. The third kappa shape index (κ3) is 7.51. The van der Waals surface area contributed by atoms with E-state index in [0.29, 0.717) is 23.2 Å². The van der Waals surface area contributed by atoms with Crippen LogP contribution in [0.2, 0.25) is 0 Å². The number of ether oxygens (including phenoxy) is 1. The molecule has 1 atom stereocenters. The van der Waals surface area contributed by atoms with Crippen molar-refractivity contribution in [3.05, 3.63) is 119 Å². The molecule has 5 aromatic rings. The SMILES string of the molecule is NC(=O)c1cnc2cc(-c3ccc(C(=O)CCCNC(=O)COc4cccc5c4C(=O)N(C4CCC(=O)NC4=O)C5=O)cc3)ccc2c1Nc1ccccc1. The fourth-order valence-corrected chi connectivity index (χ4v) is 6.63. The molecular weight excluding hydrogens is 704 g/mol. The second kappa shape index (κ2) is 15.4. The zero-order chi connectivity index (χ0) is 38.6. The molecule has 0 saturated carbocycles. The van der Waals surface area contributed by atoms with Gasteiger partial charge in [-0.15, -0.1) is 0 Å². The number of rotatable bonds is 13. The summed E-state index contributed by atoms with van der Waals surface area (Å²) in [5.41, 5.74) is 10.2. The predicted octanol–water partition coefficient (Wildman–Crippen LogP) is 4.30. The minimum absolute atomic E-state index is 0.00588. The number of amides is 6. The van der Waals surface area contributed by atoms with Crippen LogP contribution in [0.1, 0.15) is 67.1 Å². The van der Waals surface area contributed by atoms with Crippen molar-refractivity contribution in [1.82, 2.24) is 20.5 Å². The topological polar surface area (TPSA) is 207 Å². The van der Waals surface area contributed by atoms with E-state index >= 15 is 0 Å². The molecule has 1 fully saturated rings. The summed E-state index contributed by atoms with van der Waals surface area (Å²) in [4.78, 5) is 93.2. The number of carbonyl (C=O) groups excluding carboxylic acids is 7. The van der Waals surface area contributed by atoms with Crippen LogP contribution in [0.3, 0.4) is 0 Å². The van der Waals surface area contributed by atoms with Crippen molar-refractivity contribution in [2.24, 2.45) is 5.73 Å². The molecule has 5 N–H and O–H groups in total. The summed E-state index contributed by atoms with van der Waals surface area (Å²) in [6, 6.07) is 25.6. The van der Waals surface area contributed by atoms with Crippen molar-refractivity contribution in [3.8, 4) is 16.9 Å². The highest BCUT2D eigenvalue weighted by molar-refractivity contribution is 6.24. The summed E-state index contributed by atoms with van der Waals surface area (Å²) in [6.45, 7) is -0.254. The van der Waals surface area contributed by atoms with E-state index in [0.717, 1.165) is 27.1 Å². The lowest BCUT2D eigenvalue weighted by Gasteiger charge is -2.27. The number of piperidine rings is 1. The van der Waals surface area contributed by atoms with Gasteiger partial charge in [0.1, 0.15) is 11.8 Å². The number of nitrogens with one attached hydrogen (secondary N) is 3. The van der Waals surface area contributed by atoms with E-state index < -0.39 is 48.1 Å². The average Bonchev–Trinajstić information content (AvgIpc) is 3.44. The van der Waals surface area contributed by atoms with Crippen LogP contribution in [-0.2, 0) is 14.4 Å². The summed E-state index contributed by atoms with van der Waals surface area (Å²) < 4.78 is 5.61. The van der Waals surface area contributed by atoms with Crippen LogP contribution in [-0.4, -0.2) is 70.3 Å². The molecule has 1 saturated heterocycles. The third-order valence-electron chi connectivity index (χ3n) is 9.41. The van der Waals surface area contributed by atoms with Gasteiger partial charge in [0.05, 0.1) is 27.9 Å². The van der Waals surface area contributed by atoms with Gasteiger partial charge >= 0.3 is 0 Å². The van der Waals surface area contributed by atoms with Crippen LogP contribution in [0.4, 0.5) is 11.4 Å². The monoisotopic (exact) mass is 738 g/mol. The Bertz CT molecular complexity index is 2400. The number of ketones is 1. The van der Waals surface area contributed by atoms with Gasteiger partial charge in [-0.25, -0.2) is 0 Å². The maximum atomic E-state index is 13.2. The van der Waals surface area contributed by atoms with Crippen molar-refractivity contribution in [3.63, 3.8) is 0 Å². The first kappa shape index (κ1) is 36.2. The molecule has 4 aromatic carbocycles. The Hall–Kier alpha value is -7.22. The fraction of sp³-hybridized carbons (Fsp3) is 0.171. The molecule has 1 aromatic heterocycles. The largest absolute Gasteiger partial charge is 0.483 e. The van der Waals surface area contributed by atoms with E-state index in [9.17, 15) is 33.6 Å². The molecule has 7 rings (SSSR count). The van der Waals surface area contributed by atoms with Gasteiger partial charge in [-0.05, 0) is 54.3 Å². The minimum Gasteiger partial charge on any atom is -0.483 e. The first-order chi connectivity index (χ1) is 26.6. The van der Waals surface area contributed by atoms with E-state index in [1.807, 2.05) is 60.7 Å². The Morgan fingerprint density at radius 2 is 1.65 bits per heavy atom. The highest BCUT2D eigenvalue weighted by atomic mass is 16.5. The van der Waals surface area contributed by atoms with E-state index in [1.54, 1.807) is 12.1 Å². The molecule has 0 spiro atoms. The van der Waals surface area contributed by atoms with Crippen molar-refractivity contribution in [2.75, 3.05) is 18.5 Å². The summed E-state index contributed by atoms with van der Waals surface area (Å²) >= 11 is 0. The number of pyridine rings is 1. The Labute approximate surface area is 314 Å². The smallest absolute Gasteiger partial charge is 0.266 e. The van der Waals surface area contributed by atoms with Gasteiger partial charge in [0, 0.05) is 42.2 Å². The van der Waals surface area contributed by atoms with E-state index in [2.05, 4.69) is 20.9 Å². The molecule has 1 unspecified atom stereocenters. The molecule has 55 heavy (non-hydrogen) atoms. The second-order valence-corrected chi connectivity index (χ2v) is 13.0. The van der Waals surface area contributed by atoms with Crippen LogP contribution < -0.4 is 26.4 Å². The van der Waals surface area contributed by atoms with E-state index in [4.69, 9.17) is 10.5 Å². The maximum absolute atomic E-state index is 13.2. The summed E-state index contributed by atoms with van der Waals surface area (Å²) in [5.74, 6) is -3.79. The van der Waals surface area contributed by atoms with Crippen molar-refractivity contribution < 1.29 is 38.3 Å². The number of nitrogens with zero attached hydrogens (tertiary/aromatic N) is 2. The van der Waals surface area contributed by atoms with Crippen LogP contribution in [0.25, 0.3) is 22.0 Å². The zero-order valence-electron chi connectivity index (χ0n) is 29.3. The Morgan fingerprint density at radius 1 is 0.891 bits per heavy atom. The van der Waals surface area contributed by atoms with Gasteiger partial charge in [-0.2, -0.15) is 0 Å². The van der Waals surface area contributed by atoms with Crippen molar-refractivity contribution in [1.29, 1.82) is 0 Å². The number of nitrogens with two attached hydrogens (primary N) is 1. The molecule has 2 aliphatic heterocycles. The molecule has 0 bridgehead atoms. The summed E-state index contributed by atoms with van der Waals surface area (Å²) in [7, 11) is 0. The number of hydrogen-bond donors (Lipinski definition) is 4. The molecule has 6 amide bonds. The summed E-state index contributed by atoms with van der Waals surface area (Å²) in [5, 5.41) is 8.86. The third-order valence-corrected chi connectivity index (χ3v) is 9.41. The van der Waals surface area contributed by atoms with Gasteiger partial charge in [-0.3, -0.25) is 48.8 Å². The lowest BCUT2D eigenvalue weighted by Crippen LogP contribution is -2.54. The minimum atomic E-state index is -1.12. The highest BCUT2D eigenvalue weighted by Crippen LogP contribution is 2.34. The van der Waals surface area contributed by atoms with Gasteiger partial charge in [0.2, 0.25) is 11.8 Å². The first-order valence-corrected chi connectivity index (χ1v) is 17.5. The number of primary amides is 1. The van der Waals surface area contributed by atoms with Crippen LogP contribution >= 0.6 is 0 Å². The molecular formula is C41H34N6O8. The van der Waals surface area contributed by atoms with Crippen LogP contribution in [0, 0.1) is 0 Å². The normalized spacial score (nSPS) is 15.1. The van der Waals surface area contributed by atoms with Crippen LogP contribution in [0.5, 0.6) is 5.75 Å². The number of carbonyl (C=O) groups is 7.